The van der Waals surface area contributed by atoms with E-state index in [0.717, 1.165) is 17.8 Å². The third-order valence-electron chi connectivity index (χ3n) is 2.42. The van der Waals surface area contributed by atoms with Crippen LogP contribution in [0.15, 0.2) is 23.5 Å². The highest BCUT2D eigenvalue weighted by Gasteiger charge is 2.25. The molecule has 1 rings (SSSR count). The van der Waals surface area contributed by atoms with E-state index >= 15 is 0 Å². The van der Waals surface area contributed by atoms with Crippen LogP contribution in [0.4, 0.5) is 0 Å². The number of allylic oxidation sites excluding steroid dienone is 3. The summed E-state index contributed by atoms with van der Waals surface area (Å²) in [5, 5.41) is 2.68. The molecule has 1 aliphatic rings. The molecule has 106 valence electrons. The maximum absolute atomic E-state index is 11.6. The second-order valence-electron chi connectivity index (χ2n) is 3.32. The van der Waals surface area contributed by atoms with Crippen molar-refractivity contribution < 1.29 is 9.53 Å². The van der Waals surface area contributed by atoms with Crippen LogP contribution < -0.4 is 5.32 Å². The van der Waals surface area contributed by atoms with Crippen molar-refractivity contribution in [2.45, 2.75) is 48.0 Å². The van der Waals surface area contributed by atoms with Gasteiger partial charge in [0, 0.05) is 12.6 Å². The molecule has 3 nitrogen and oxygen atoms in total. The van der Waals surface area contributed by atoms with E-state index in [1.54, 1.807) is 7.05 Å². The summed E-state index contributed by atoms with van der Waals surface area (Å²) in [5.74, 6) is 0.883. The van der Waals surface area contributed by atoms with E-state index in [4.69, 9.17) is 4.74 Å². The van der Waals surface area contributed by atoms with Gasteiger partial charge in [-0.1, -0.05) is 39.8 Å². The van der Waals surface area contributed by atoms with E-state index in [1.807, 2.05) is 53.7 Å². The maximum atomic E-state index is 11.6. The molecule has 1 aliphatic heterocycles. The summed E-state index contributed by atoms with van der Waals surface area (Å²) in [7, 11) is 1.67. The number of carbonyl (C=O) groups is 1. The van der Waals surface area contributed by atoms with Gasteiger partial charge in [0.1, 0.15) is 0 Å². The van der Waals surface area contributed by atoms with Gasteiger partial charge < -0.3 is 10.1 Å². The van der Waals surface area contributed by atoms with Crippen LogP contribution in [0.25, 0.3) is 0 Å². The fourth-order valence-corrected chi connectivity index (χ4v) is 1.67. The molecule has 0 aromatic rings. The number of nitrogens with one attached hydrogen (secondary N) is 1. The second kappa shape index (κ2) is 12.2. The average molecular weight is 255 g/mol. The van der Waals surface area contributed by atoms with Gasteiger partial charge in [-0.15, -0.1) is 0 Å². The fraction of sp³-hybridized carbons (Fsp3) is 0.667. The zero-order valence-electron chi connectivity index (χ0n) is 13.0. The third-order valence-corrected chi connectivity index (χ3v) is 2.42. The first kappa shape index (κ1) is 19.1. The summed E-state index contributed by atoms with van der Waals surface area (Å²) in [6.07, 6.45) is 4.65. The predicted octanol–water partition coefficient (Wildman–Crippen LogP) is 3.67. The Hall–Kier alpha value is -1.25. The lowest BCUT2D eigenvalue weighted by molar-refractivity contribution is -0.124. The Kier molecular flexibility index (Phi) is 13.0. The molecule has 1 unspecified atom stereocenters. The molecule has 1 heterocycles. The highest BCUT2D eigenvalue weighted by atomic mass is 16.5. The summed E-state index contributed by atoms with van der Waals surface area (Å²) in [4.78, 5) is 11.6. The Morgan fingerprint density at radius 3 is 2.33 bits per heavy atom. The van der Waals surface area contributed by atoms with E-state index in [2.05, 4.69) is 5.32 Å². The zero-order valence-corrected chi connectivity index (χ0v) is 13.0. The van der Waals surface area contributed by atoms with Crippen molar-refractivity contribution in [2.24, 2.45) is 5.92 Å². The predicted molar refractivity (Wildman–Crippen MR) is 78.3 cm³/mol. The lowest BCUT2D eigenvalue weighted by atomic mass is 9.92. The first-order valence-corrected chi connectivity index (χ1v) is 6.88. The van der Waals surface area contributed by atoms with Crippen LogP contribution in [0, 0.1) is 5.92 Å². The van der Waals surface area contributed by atoms with Crippen molar-refractivity contribution in [2.75, 3.05) is 13.7 Å². The fourth-order valence-electron chi connectivity index (χ4n) is 1.67. The molecule has 0 spiro atoms. The monoisotopic (exact) mass is 255 g/mol. The van der Waals surface area contributed by atoms with E-state index < -0.39 is 0 Å². The maximum Gasteiger partial charge on any atom is 0.227 e. The molecule has 0 bridgehead atoms. The Balaban J connectivity index is 0. The number of rotatable bonds is 2. The van der Waals surface area contributed by atoms with Crippen molar-refractivity contribution in [3.63, 3.8) is 0 Å². The molecule has 3 heteroatoms. The molecule has 0 saturated heterocycles. The molecule has 0 aromatic heterocycles. The summed E-state index contributed by atoms with van der Waals surface area (Å²) < 4.78 is 5.42. The van der Waals surface area contributed by atoms with Crippen LogP contribution in [-0.4, -0.2) is 19.6 Å². The van der Waals surface area contributed by atoms with Gasteiger partial charge in [-0.2, -0.15) is 0 Å². The topological polar surface area (TPSA) is 38.3 Å². The number of ether oxygens (including phenoxy) is 1. The van der Waals surface area contributed by atoms with Crippen molar-refractivity contribution >= 4 is 5.91 Å². The number of hydrogen-bond donors (Lipinski definition) is 1. The zero-order chi connectivity index (χ0) is 14.6. The Bertz CT molecular complexity index is 280. The SMILES string of the molecule is C/C=C\C1=C(C)OCCC1C(=O)NC.CC.CC. The third kappa shape index (κ3) is 5.89. The largest absolute Gasteiger partial charge is 0.498 e. The van der Waals surface area contributed by atoms with Crippen LogP contribution in [0.1, 0.15) is 48.0 Å². The van der Waals surface area contributed by atoms with Gasteiger partial charge >= 0.3 is 0 Å². The van der Waals surface area contributed by atoms with Gasteiger partial charge in [-0.3, -0.25) is 4.79 Å². The summed E-state index contributed by atoms with van der Waals surface area (Å²) in [5.41, 5.74) is 0.998. The highest BCUT2D eigenvalue weighted by Crippen LogP contribution is 2.26. The summed E-state index contributed by atoms with van der Waals surface area (Å²) in [6.45, 7) is 12.5. The molecule has 0 fully saturated rings. The summed E-state index contributed by atoms with van der Waals surface area (Å²) in [6, 6.07) is 0. The molecule has 1 atom stereocenters. The van der Waals surface area contributed by atoms with E-state index in [0.29, 0.717) is 6.61 Å². The van der Waals surface area contributed by atoms with Crippen molar-refractivity contribution in [1.82, 2.24) is 5.32 Å². The quantitative estimate of drug-likeness (QED) is 0.817. The Morgan fingerprint density at radius 2 is 1.89 bits per heavy atom. The van der Waals surface area contributed by atoms with Crippen LogP contribution >= 0.6 is 0 Å². The lowest BCUT2D eigenvalue weighted by Crippen LogP contribution is -2.31. The van der Waals surface area contributed by atoms with Gasteiger partial charge in [0.25, 0.3) is 0 Å². The first-order chi connectivity index (χ1) is 8.70. The molecule has 18 heavy (non-hydrogen) atoms. The molecule has 0 aromatic carbocycles. The molecule has 0 aliphatic carbocycles. The van der Waals surface area contributed by atoms with Crippen LogP contribution in [0.3, 0.4) is 0 Å². The summed E-state index contributed by atoms with van der Waals surface area (Å²) >= 11 is 0. The number of amides is 1. The molecule has 0 saturated carbocycles. The standard InChI is InChI=1S/C11H17NO2.2C2H6/c1-4-5-9-8(2)14-7-6-10(9)11(13)12-3;2*1-2/h4-5,10H,6-7H2,1-3H3,(H,12,13);2*1-2H3/b5-4-;;. The van der Waals surface area contributed by atoms with Gasteiger partial charge in [0.05, 0.1) is 18.3 Å². The van der Waals surface area contributed by atoms with Gasteiger partial charge in [0.2, 0.25) is 5.91 Å². The van der Waals surface area contributed by atoms with Gasteiger partial charge in [0.15, 0.2) is 0 Å². The minimum atomic E-state index is -0.0510. The minimum absolute atomic E-state index is 0.0510. The molecular weight excluding hydrogens is 226 g/mol. The minimum Gasteiger partial charge on any atom is -0.498 e. The first-order valence-electron chi connectivity index (χ1n) is 6.88. The lowest BCUT2D eigenvalue weighted by Gasteiger charge is -2.24. The van der Waals surface area contributed by atoms with E-state index in [-0.39, 0.29) is 11.8 Å². The highest BCUT2D eigenvalue weighted by molar-refractivity contribution is 5.82. The van der Waals surface area contributed by atoms with Crippen molar-refractivity contribution in [3.05, 3.63) is 23.5 Å². The second-order valence-corrected chi connectivity index (χ2v) is 3.32. The van der Waals surface area contributed by atoms with E-state index in [9.17, 15) is 4.79 Å². The molecule has 1 amide bonds. The van der Waals surface area contributed by atoms with Crippen LogP contribution in [0.2, 0.25) is 0 Å². The van der Waals surface area contributed by atoms with Crippen molar-refractivity contribution in [1.29, 1.82) is 0 Å². The van der Waals surface area contributed by atoms with Crippen LogP contribution in [-0.2, 0) is 9.53 Å². The van der Waals surface area contributed by atoms with Crippen molar-refractivity contribution in [3.8, 4) is 0 Å². The Morgan fingerprint density at radius 1 is 1.33 bits per heavy atom. The van der Waals surface area contributed by atoms with Crippen LogP contribution in [0.5, 0.6) is 0 Å². The average Bonchev–Trinajstić information content (AvgIpc) is 2.45. The number of carbonyl (C=O) groups excluding carboxylic acids is 1. The molecule has 0 radical (unpaired) electrons. The van der Waals surface area contributed by atoms with Gasteiger partial charge in [-0.05, 0) is 20.3 Å². The van der Waals surface area contributed by atoms with Gasteiger partial charge in [-0.25, -0.2) is 0 Å². The smallest absolute Gasteiger partial charge is 0.227 e. The Labute approximate surface area is 112 Å². The molecular formula is C15H29NO2. The van der Waals surface area contributed by atoms with E-state index in [1.165, 1.54) is 0 Å². The molecule has 1 N–H and O–H groups in total. The normalized spacial score (nSPS) is 18.1. The number of hydrogen-bond acceptors (Lipinski definition) is 2.